The molecule has 0 fully saturated rings. The van der Waals surface area contributed by atoms with Crippen molar-refractivity contribution in [1.82, 2.24) is 0 Å². The summed E-state index contributed by atoms with van der Waals surface area (Å²) in [5.74, 6) is 0. The molecular weight excluding hydrogens is 186 g/mol. The SMILES string of the molecule is CCCc1ccc(NCC(O)CC)cc1. The van der Waals surface area contributed by atoms with Crippen molar-refractivity contribution in [3.8, 4) is 0 Å². The van der Waals surface area contributed by atoms with E-state index in [1.807, 2.05) is 6.92 Å². The van der Waals surface area contributed by atoms with E-state index < -0.39 is 0 Å². The monoisotopic (exact) mass is 207 g/mol. The molecule has 15 heavy (non-hydrogen) atoms. The number of anilines is 1. The molecule has 0 saturated heterocycles. The summed E-state index contributed by atoms with van der Waals surface area (Å²) in [6.07, 6.45) is 2.86. The topological polar surface area (TPSA) is 32.3 Å². The van der Waals surface area contributed by atoms with E-state index in [9.17, 15) is 5.11 Å². The highest BCUT2D eigenvalue weighted by Crippen LogP contribution is 2.11. The third-order valence-corrected chi connectivity index (χ3v) is 2.51. The summed E-state index contributed by atoms with van der Waals surface area (Å²) in [6, 6.07) is 8.44. The predicted octanol–water partition coefficient (Wildman–Crippen LogP) is 2.82. The Kier molecular flexibility index (Phi) is 5.19. The van der Waals surface area contributed by atoms with E-state index in [0.29, 0.717) is 6.54 Å². The predicted molar refractivity (Wildman–Crippen MR) is 65.2 cm³/mol. The Morgan fingerprint density at radius 3 is 2.40 bits per heavy atom. The van der Waals surface area contributed by atoms with Crippen molar-refractivity contribution in [2.45, 2.75) is 39.2 Å². The molecule has 0 aromatic heterocycles. The van der Waals surface area contributed by atoms with E-state index in [4.69, 9.17) is 0 Å². The van der Waals surface area contributed by atoms with E-state index in [0.717, 1.165) is 18.5 Å². The van der Waals surface area contributed by atoms with Gasteiger partial charge in [-0.1, -0.05) is 32.4 Å². The molecule has 1 aromatic rings. The fourth-order valence-electron chi connectivity index (χ4n) is 1.46. The molecule has 84 valence electrons. The van der Waals surface area contributed by atoms with Gasteiger partial charge in [0.05, 0.1) is 6.10 Å². The van der Waals surface area contributed by atoms with Crippen LogP contribution in [0.25, 0.3) is 0 Å². The molecule has 0 spiro atoms. The molecule has 0 saturated carbocycles. The zero-order valence-corrected chi connectivity index (χ0v) is 9.66. The average Bonchev–Trinajstić information content (AvgIpc) is 2.28. The highest BCUT2D eigenvalue weighted by Gasteiger charge is 1.99. The maximum absolute atomic E-state index is 9.40. The third kappa shape index (κ3) is 4.34. The van der Waals surface area contributed by atoms with Crippen molar-refractivity contribution >= 4 is 5.69 Å². The molecule has 0 radical (unpaired) electrons. The fourth-order valence-corrected chi connectivity index (χ4v) is 1.46. The maximum Gasteiger partial charge on any atom is 0.0709 e. The lowest BCUT2D eigenvalue weighted by Crippen LogP contribution is -2.18. The summed E-state index contributed by atoms with van der Waals surface area (Å²) in [4.78, 5) is 0. The van der Waals surface area contributed by atoms with Crippen molar-refractivity contribution in [3.63, 3.8) is 0 Å². The fraction of sp³-hybridized carbons (Fsp3) is 0.538. The number of hydrogen-bond donors (Lipinski definition) is 2. The molecule has 0 aliphatic rings. The summed E-state index contributed by atoms with van der Waals surface area (Å²) in [5, 5.41) is 12.6. The van der Waals surface area contributed by atoms with Gasteiger partial charge >= 0.3 is 0 Å². The van der Waals surface area contributed by atoms with Crippen molar-refractivity contribution in [2.24, 2.45) is 0 Å². The second-order valence-electron chi connectivity index (χ2n) is 3.89. The van der Waals surface area contributed by atoms with Crippen LogP contribution in [0, 0.1) is 0 Å². The van der Waals surface area contributed by atoms with E-state index >= 15 is 0 Å². The minimum atomic E-state index is -0.250. The van der Waals surface area contributed by atoms with Gasteiger partial charge in [-0.3, -0.25) is 0 Å². The summed E-state index contributed by atoms with van der Waals surface area (Å²) in [6.45, 7) is 4.80. The van der Waals surface area contributed by atoms with Crippen LogP contribution >= 0.6 is 0 Å². The first-order chi connectivity index (χ1) is 7.26. The van der Waals surface area contributed by atoms with Gasteiger partial charge in [-0.25, -0.2) is 0 Å². The standard InChI is InChI=1S/C13H21NO/c1-3-5-11-6-8-12(9-7-11)14-10-13(15)4-2/h6-9,13-15H,3-5,10H2,1-2H3. The van der Waals surface area contributed by atoms with Crippen LogP contribution in [-0.4, -0.2) is 17.8 Å². The maximum atomic E-state index is 9.40. The Balaban J connectivity index is 2.42. The van der Waals surface area contributed by atoms with Crippen LogP contribution in [0.3, 0.4) is 0 Å². The lowest BCUT2D eigenvalue weighted by Gasteiger charge is -2.10. The van der Waals surface area contributed by atoms with Gasteiger partial charge in [0, 0.05) is 12.2 Å². The number of aliphatic hydroxyl groups is 1. The normalized spacial score (nSPS) is 12.5. The van der Waals surface area contributed by atoms with Crippen LogP contribution in [0.15, 0.2) is 24.3 Å². The summed E-state index contributed by atoms with van der Waals surface area (Å²) >= 11 is 0. The van der Waals surface area contributed by atoms with Gasteiger partial charge in [0.2, 0.25) is 0 Å². The average molecular weight is 207 g/mol. The number of benzene rings is 1. The number of hydrogen-bond acceptors (Lipinski definition) is 2. The van der Waals surface area contributed by atoms with Gasteiger partial charge in [-0.05, 0) is 30.5 Å². The van der Waals surface area contributed by atoms with Crippen LogP contribution in [-0.2, 0) is 6.42 Å². The molecule has 1 aromatic carbocycles. The molecule has 0 bridgehead atoms. The van der Waals surface area contributed by atoms with E-state index in [1.54, 1.807) is 0 Å². The molecule has 2 nitrogen and oxygen atoms in total. The minimum absolute atomic E-state index is 0.250. The molecule has 1 rings (SSSR count). The van der Waals surface area contributed by atoms with Crippen molar-refractivity contribution in [3.05, 3.63) is 29.8 Å². The Morgan fingerprint density at radius 1 is 1.20 bits per heavy atom. The van der Waals surface area contributed by atoms with Gasteiger partial charge < -0.3 is 10.4 Å². The Hall–Kier alpha value is -1.02. The summed E-state index contributed by atoms with van der Waals surface area (Å²) in [7, 11) is 0. The van der Waals surface area contributed by atoms with E-state index in [1.165, 1.54) is 12.0 Å². The quantitative estimate of drug-likeness (QED) is 0.751. The first-order valence-electron chi connectivity index (χ1n) is 5.77. The molecular formula is C13H21NO. The van der Waals surface area contributed by atoms with E-state index in [-0.39, 0.29) is 6.10 Å². The van der Waals surface area contributed by atoms with Gasteiger partial charge in [0.25, 0.3) is 0 Å². The lowest BCUT2D eigenvalue weighted by molar-refractivity contribution is 0.183. The van der Waals surface area contributed by atoms with Gasteiger partial charge in [0.15, 0.2) is 0 Å². The molecule has 0 heterocycles. The number of aliphatic hydroxyl groups excluding tert-OH is 1. The lowest BCUT2D eigenvalue weighted by atomic mass is 10.1. The van der Waals surface area contributed by atoms with Crippen LogP contribution < -0.4 is 5.32 Å². The molecule has 0 amide bonds. The van der Waals surface area contributed by atoms with Crippen LogP contribution in [0.5, 0.6) is 0 Å². The highest BCUT2D eigenvalue weighted by molar-refractivity contribution is 5.44. The molecule has 1 atom stereocenters. The Bertz CT molecular complexity index is 268. The molecule has 0 aliphatic carbocycles. The zero-order valence-electron chi connectivity index (χ0n) is 9.66. The van der Waals surface area contributed by atoms with Crippen LogP contribution in [0.2, 0.25) is 0 Å². The van der Waals surface area contributed by atoms with E-state index in [2.05, 4.69) is 36.5 Å². The van der Waals surface area contributed by atoms with Crippen molar-refractivity contribution < 1.29 is 5.11 Å². The number of rotatable bonds is 6. The van der Waals surface area contributed by atoms with Crippen LogP contribution in [0.4, 0.5) is 5.69 Å². The van der Waals surface area contributed by atoms with Crippen LogP contribution in [0.1, 0.15) is 32.3 Å². The highest BCUT2D eigenvalue weighted by atomic mass is 16.3. The Labute approximate surface area is 92.3 Å². The number of nitrogens with one attached hydrogen (secondary N) is 1. The second-order valence-corrected chi connectivity index (χ2v) is 3.89. The largest absolute Gasteiger partial charge is 0.391 e. The second kappa shape index (κ2) is 6.46. The Morgan fingerprint density at radius 2 is 1.87 bits per heavy atom. The van der Waals surface area contributed by atoms with Crippen molar-refractivity contribution in [2.75, 3.05) is 11.9 Å². The number of aryl methyl sites for hydroxylation is 1. The molecule has 1 unspecified atom stereocenters. The summed E-state index contributed by atoms with van der Waals surface area (Å²) in [5.41, 5.74) is 2.46. The third-order valence-electron chi connectivity index (χ3n) is 2.51. The minimum Gasteiger partial charge on any atom is -0.391 e. The molecule has 2 N–H and O–H groups in total. The summed E-state index contributed by atoms with van der Waals surface area (Å²) < 4.78 is 0. The first kappa shape index (κ1) is 12.1. The first-order valence-corrected chi connectivity index (χ1v) is 5.77. The molecule has 2 heteroatoms. The van der Waals surface area contributed by atoms with Gasteiger partial charge in [-0.2, -0.15) is 0 Å². The van der Waals surface area contributed by atoms with Gasteiger partial charge in [-0.15, -0.1) is 0 Å². The molecule has 0 aliphatic heterocycles. The van der Waals surface area contributed by atoms with Crippen molar-refractivity contribution in [1.29, 1.82) is 0 Å². The van der Waals surface area contributed by atoms with Gasteiger partial charge in [0.1, 0.15) is 0 Å². The smallest absolute Gasteiger partial charge is 0.0709 e. The zero-order chi connectivity index (χ0) is 11.1.